The predicted molar refractivity (Wildman–Crippen MR) is 120 cm³/mol. The van der Waals surface area contributed by atoms with E-state index in [4.69, 9.17) is 0 Å². The molecule has 1 heterocycles. The number of halogens is 6. The molecule has 0 aliphatic carbocycles. The highest BCUT2D eigenvalue weighted by Gasteiger charge is 2.37. The van der Waals surface area contributed by atoms with Crippen LogP contribution in [0.3, 0.4) is 0 Å². The summed E-state index contributed by atoms with van der Waals surface area (Å²) in [6, 6.07) is 7.20. The summed E-state index contributed by atoms with van der Waals surface area (Å²) >= 11 is 0. The van der Waals surface area contributed by atoms with Gasteiger partial charge in [-0.1, -0.05) is 26.0 Å². The van der Waals surface area contributed by atoms with Gasteiger partial charge < -0.3 is 5.32 Å². The number of alkyl halides is 6. The second-order valence-electron chi connectivity index (χ2n) is 8.84. The highest BCUT2D eigenvalue weighted by Crippen LogP contribution is 2.38. The molecule has 3 aromatic rings. The van der Waals surface area contributed by atoms with Crippen molar-refractivity contribution >= 4 is 5.91 Å². The summed E-state index contributed by atoms with van der Waals surface area (Å²) in [5.41, 5.74) is -2.08. The van der Waals surface area contributed by atoms with Crippen LogP contribution in [-0.2, 0) is 12.4 Å². The number of rotatable bonds is 7. The van der Waals surface area contributed by atoms with Crippen molar-refractivity contribution < 1.29 is 31.1 Å². The van der Waals surface area contributed by atoms with Crippen molar-refractivity contribution in [1.29, 1.82) is 0 Å². The highest BCUT2D eigenvalue weighted by molar-refractivity contribution is 5.93. The number of benzene rings is 2. The Labute approximate surface area is 199 Å². The summed E-state index contributed by atoms with van der Waals surface area (Å²) in [5.74, 6) is 0.165. The molecule has 0 fully saturated rings. The molecule has 0 saturated carbocycles. The third-order valence-electron chi connectivity index (χ3n) is 5.49. The third-order valence-corrected chi connectivity index (χ3v) is 5.49. The number of amides is 1. The number of aromatic nitrogens is 2. The molecule has 2 aromatic carbocycles. The molecule has 0 aliphatic heterocycles. The molecule has 4 nitrogen and oxygen atoms in total. The molecule has 0 bridgehead atoms. The average Bonchev–Trinajstić information content (AvgIpc) is 3.26. The lowest BCUT2D eigenvalue weighted by Gasteiger charge is -2.16. The zero-order valence-electron chi connectivity index (χ0n) is 19.3. The summed E-state index contributed by atoms with van der Waals surface area (Å²) < 4.78 is 80.6. The van der Waals surface area contributed by atoms with Gasteiger partial charge in [0.1, 0.15) is 5.69 Å². The minimum absolute atomic E-state index is 0.0561. The van der Waals surface area contributed by atoms with Crippen molar-refractivity contribution in [2.45, 2.75) is 52.0 Å². The van der Waals surface area contributed by atoms with Crippen molar-refractivity contribution in [1.82, 2.24) is 14.9 Å². The fourth-order valence-corrected chi connectivity index (χ4v) is 3.56. The lowest BCUT2D eigenvalue weighted by molar-refractivity contribution is -0.143. The van der Waals surface area contributed by atoms with E-state index in [1.54, 1.807) is 0 Å². The number of carbonyl (C=O) groups is 1. The van der Waals surface area contributed by atoms with E-state index in [9.17, 15) is 31.1 Å². The van der Waals surface area contributed by atoms with Gasteiger partial charge in [-0.15, -0.1) is 0 Å². The van der Waals surface area contributed by atoms with Crippen molar-refractivity contribution in [3.05, 3.63) is 71.8 Å². The molecule has 0 saturated heterocycles. The van der Waals surface area contributed by atoms with Crippen LogP contribution < -0.4 is 5.32 Å². The van der Waals surface area contributed by atoms with Gasteiger partial charge in [-0.05, 0) is 67.1 Å². The van der Waals surface area contributed by atoms with E-state index in [2.05, 4.69) is 24.1 Å². The first-order chi connectivity index (χ1) is 16.3. The summed E-state index contributed by atoms with van der Waals surface area (Å²) in [6.07, 6.45) is -5.30. The van der Waals surface area contributed by atoms with E-state index in [0.717, 1.165) is 12.8 Å². The molecule has 10 heteroatoms. The Morgan fingerprint density at radius 1 is 0.886 bits per heavy atom. The van der Waals surface area contributed by atoms with Crippen LogP contribution in [0.2, 0.25) is 0 Å². The number of hydrogen-bond acceptors (Lipinski definition) is 2. The monoisotopic (exact) mass is 497 g/mol. The molecule has 3 rings (SSSR count). The predicted octanol–water partition coefficient (Wildman–Crippen LogP) is 7.13. The third kappa shape index (κ3) is 6.64. The molecule has 188 valence electrons. The Bertz CT molecular complexity index is 1130. The van der Waals surface area contributed by atoms with Crippen LogP contribution in [0, 0.1) is 5.92 Å². The van der Waals surface area contributed by atoms with Crippen LogP contribution in [0.1, 0.15) is 55.2 Å². The van der Waals surface area contributed by atoms with Gasteiger partial charge in [-0.25, -0.2) is 4.98 Å². The Balaban J connectivity index is 1.87. The van der Waals surface area contributed by atoms with Crippen LogP contribution in [0.5, 0.6) is 0 Å². The van der Waals surface area contributed by atoms with Crippen molar-refractivity contribution in [2.24, 2.45) is 5.92 Å². The smallest absolute Gasteiger partial charge is 0.348 e. The SMILES string of the molecule is CC(C)CC[C@H](C)NC(=O)c1cncn1-c1ccc(-c2cc(C(F)(F)F)cc(C(F)(F)F)c2)cc1. The average molecular weight is 497 g/mol. The molecular formula is C25H25F6N3O. The van der Waals surface area contributed by atoms with Crippen LogP contribution in [0.4, 0.5) is 26.3 Å². The number of nitrogens with one attached hydrogen (secondary N) is 1. The van der Waals surface area contributed by atoms with Crippen LogP contribution >= 0.6 is 0 Å². The maximum absolute atomic E-state index is 13.2. The molecule has 35 heavy (non-hydrogen) atoms. The standard InChI is InChI=1S/C25H25F6N3O/c1-15(2)4-5-16(3)33-23(35)22-13-32-14-34(22)21-8-6-17(7-9-21)18-10-19(24(26,27)28)12-20(11-18)25(29,30)31/h6-16H,4-5H2,1-3H3,(H,33,35)/t16-/m0/s1. The lowest BCUT2D eigenvalue weighted by Crippen LogP contribution is -2.33. The topological polar surface area (TPSA) is 46.9 Å². The fourth-order valence-electron chi connectivity index (χ4n) is 3.56. The van der Waals surface area contributed by atoms with Crippen molar-refractivity contribution in [3.63, 3.8) is 0 Å². The Hall–Kier alpha value is -3.30. The van der Waals surface area contributed by atoms with E-state index in [-0.39, 0.29) is 34.8 Å². The van der Waals surface area contributed by atoms with Gasteiger partial charge in [0.15, 0.2) is 0 Å². The van der Waals surface area contributed by atoms with Gasteiger partial charge >= 0.3 is 12.4 Å². The minimum atomic E-state index is -4.93. The zero-order chi connectivity index (χ0) is 26.0. The zero-order valence-corrected chi connectivity index (χ0v) is 19.3. The second-order valence-corrected chi connectivity index (χ2v) is 8.84. The van der Waals surface area contributed by atoms with Gasteiger partial charge in [0.05, 0.1) is 23.7 Å². The maximum Gasteiger partial charge on any atom is 0.416 e. The highest BCUT2D eigenvalue weighted by atomic mass is 19.4. The summed E-state index contributed by atoms with van der Waals surface area (Å²) in [5, 5.41) is 2.91. The van der Waals surface area contributed by atoms with Crippen molar-refractivity contribution in [2.75, 3.05) is 0 Å². The number of imidazole rings is 1. The summed E-state index contributed by atoms with van der Waals surface area (Å²) in [7, 11) is 0. The first-order valence-electron chi connectivity index (χ1n) is 11.0. The summed E-state index contributed by atoms with van der Waals surface area (Å²) in [4.78, 5) is 16.7. The molecule has 1 amide bonds. The van der Waals surface area contributed by atoms with Crippen LogP contribution in [-0.4, -0.2) is 21.5 Å². The molecule has 0 spiro atoms. The maximum atomic E-state index is 13.2. The molecule has 1 N–H and O–H groups in total. The molecule has 0 unspecified atom stereocenters. The van der Waals surface area contributed by atoms with E-state index < -0.39 is 23.5 Å². The van der Waals surface area contributed by atoms with E-state index >= 15 is 0 Å². The Morgan fingerprint density at radius 3 is 1.97 bits per heavy atom. The van der Waals surface area contributed by atoms with Gasteiger partial charge in [-0.2, -0.15) is 26.3 Å². The van der Waals surface area contributed by atoms with Gasteiger partial charge in [0.25, 0.3) is 5.91 Å². The molecule has 0 radical (unpaired) electrons. The molecule has 1 atom stereocenters. The second kappa shape index (κ2) is 10.1. The van der Waals surface area contributed by atoms with Gasteiger partial charge in [-0.3, -0.25) is 9.36 Å². The van der Waals surface area contributed by atoms with E-state index in [1.807, 2.05) is 6.92 Å². The lowest BCUT2D eigenvalue weighted by atomic mass is 9.99. The first kappa shape index (κ1) is 26.3. The number of nitrogens with zero attached hydrogens (tertiary/aromatic N) is 2. The van der Waals surface area contributed by atoms with Crippen LogP contribution in [0.15, 0.2) is 55.0 Å². The minimum Gasteiger partial charge on any atom is -0.348 e. The van der Waals surface area contributed by atoms with E-state index in [1.165, 1.54) is 41.4 Å². The first-order valence-corrected chi connectivity index (χ1v) is 11.0. The Morgan fingerprint density at radius 2 is 1.46 bits per heavy atom. The quantitative estimate of drug-likeness (QED) is 0.353. The largest absolute Gasteiger partial charge is 0.416 e. The van der Waals surface area contributed by atoms with Crippen LogP contribution in [0.25, 0.3) is 16.8 Å². The number of carbonyl (C=O) groups excluding carboxylic acids is 1. The fraction of sp³-hybridized carbons (Fsp3) is 0.360. The molecule has 1 aromatic heterocycles. The van der Waals surface area contributed by atoms with E-state index in [0.29, 0.717) is 23.7 Å². The Kier molecular flexibility index (Phi) is 7.62. The van der Waals surface area contributed by atoms with Crippen molar-refractivity contribution in [3.8, 4) is 16.8 Å². The normalized spacial score (nSPS) is 13.2. The van der Waals surface area contributed by atoms with Gasteiger partial charge in [0.2, 0.25) is 0 Å². The molecule has 0 aliphatic rings. The van der Waals surface area contributed by atoms with Gasteiger partial charge in [0, 0.05) is 11.7 Å². The summed E-state index contributed by atoms with van der Waals surface area (Å²) in [6.45, 7) is 6.09. The molecular weight excluding hydrogens is 472 g/mol. The number of hydrogen-bond donors (Lipinski definition) is 1.